The van der Waals surface area contributed by atoms with Gasteiger partial charge in [0.05, 0.1) is 0 Å². The van der Waals surface area contributed by atoms with E-state index in [2.05, 4.69) is 22.1 Å². The fourth-order valence-electron chi connectivity index (χ4n) is 2.30. The average molecular weight is 249 g/mol. The first kappa shape index (κ1) is 12.8. The van der Waals surface area contributed by atoms with E-state index in [0.29, 0.717) is 5.69 Å². The Morgan fingerprint density at radius 3 is 3.11 bits per heavy atom. The number of likely N-dealkylation sites (tertiary alicyclic amines) is 1. The molecule has 0 spiro atoms. The maximum Gasteiger partial charge on any atom is 0.268 e. The molecule has 2 rings (SSSR count). The van der Waals surface area contributed by atoms with E-state index in [4.69, 9.17) is 0 Å². The van der Waals surface area contributed by atoms with Crippen LogP contribution in [0, 0.1) is 0 Å². The van der Waals surface area contributed by atoms with E-state index >= 15 is 0 Å². The second-order valence-electron chi connectivity index (χ2n) is 4.63. The minimum Gasteiger partial charge on any atom is -0.347 e. The van der Waals surface area contributed by atoms with Crippen LogP contribution in [0.3, 0.4) is 0 Å². The number of rotatable bonds is 3. The molecule has 1 aliphatic rings. The molecule has 0 radical (unpaired) electrons. The molecule has 1 amide bonds. The van der Waals surface area contributed by atoms with Crippen LogP contribution in [0.1, 0.15) is 30.3 Å². The van der Waals surface area contributed by atoms with Crippen molar-refractivity contribution in [3.63, 3.8) is 0 Å². The standard InChI is InChI=1S/C13H19N3O2/c1-2-16-8-4-5-10(9-16)14-13(18)11-6-3-7-12(17)15-11/h3,6-7,10H,2,4-5,8-9H2,1H3,(H,14,18)(H,15,17). The molecule has 2 N–H and O–H groups in total. The molecule has 1 unspecified atom stereocenters. The van der Waals surface area contributed by atoms with Crippen LogP contribution in [0.15, 0.2) is 23.0 Å². The Labute approximate surface area is 106 Å². The summed E-state index contributed by atoms with van der Waals surface area (Å²) in [4.78, 5) is 28.0. The summed E-state index contributed by atoms with van der Waals surface area (Å²) in [5.41, 5.74) is 0.0811. The molecular formula is C13H19N3O2. The monoisotopic (exact) mass is 249 g/mol. The zero-order valence-electron chi connectivity index (χ0n) is 10.6. The third kappa shape index (κ3) is 3.20. The second kappa shape index (κ2) is 5.82. The molecule has 1 aliphatic heterocycles. The minimum atomic E-state index is -0.249. The van der Waals surface area contributed by atoms with Crippen molar-refractivity contribution in [3.8, 4) is 0 Å². The second-order valence-corrected chi connectivity index (χ2v) is 4.63. The van der Waals surface area contributed by atoms with Gasteiger partial charge >= 0.3 is 0 Å². The molecule has 2 heterocycles. The first-order chi connectivity index (χ1) is 8.69. The zero-order chi connectivity index (χ0) is 13.0. The third-order valence-corrected chi connectivity index (χ3v) is 3.30. The van der Waals surface area contributed by atoms with Gasteiger partial charge in [-0.15, -0.1) is 0 Å². The minimum absolute atomic E-state index is 0.176. The van der Waals surface area contributed by atoms with Crippen molar-refractivity contribution in [2.45, 2.75) is 25.8 Å². The average Bonchev–Trinajstić information content (AvgIpc) is 2.39. The third-order valence-electron chi connectivity index (χ3n) is 3.30. The van der Waals surface area contributed by atoms with Gasteiger partial charge in [-0.3, -0.25) is 9.59 Å². The summed E-state index contributed by atoms with van der Waals surface area (Å²) in [5, 5.41) is 2.98. The highest BCUT2D eigenvalue weighted by Gasteiger charge is 2.20. The van der Waals surface area contributed by atoms with Crippen LogP contribution in [-0.4, -0.2) is 41.5 Å². The van der Waals surface area contributed by atoms with E-state index in [1.54, 1.807) is 12.1 Å². The molecule has 0 aromatic carbocycles. The molecule has 1 saturated heterocycles. The summed E-state index contributed by atoms with van der Waals surface area (Å²) in [7, 11) is 0. The Kier molecular flexibility index (Phi) is 4.15. The molecule has 1 aromatic rings. The van der Waals surface area contributed by atoms with E-state index in [1.165, 1.54) is 6.07 Å². The molecular weight excluding hydrogens is 230 g/mol. The van der Waals surface area contributed by atoms with Gasteiger partial charge in [0.2, 0.25) is 5.56 Å². The number of carbonyl (C=O) groups is 1. The predicted molar refractivity (Wildman–Crippen MR) is 69.7 cm³/mol. The van der Waals surface area contributed by atoms with Crippen molar-refractivity contribution in [2.75, 3.05) is 19.6 Å². The number of pyridine rings is 1. The van der Waals surface area contributed by atoms with Crippen molar-refractivity contribution >= 4 is 5.91 Å². The quantitative estimate of drug-likeness (QED) is 0.824. The molecule has 5 nitrogen and oxygen atoms in total. The number of likely N-dealkylation sites (N-methyl/N-ethyl adjacent to an activating group) is 1. The number of nitrogens with one attached hydrogen (secondary N) is 2. The van der Waals surface area contributed by atoms with Crippen LogP contribution >= 0.6 is 0 Å². The molecule has 1 fully saturated rings. The highest BCUT2D eigenvalue weighted by Crippen LogP contribution is 2.09. The SMILES string of the molecule is CCN1CCCC(NC(=O)c2cccc(=O)[nH]2)C1. The first-order valence-corrected chi connectivity index (χ1v) is 6.41. The van der Waals surface area contributed by atoms with Crippen molar-refractivity contribution in [2.24, 2.45) is 0 Å². The van der Waals surface area contributed by atoms with E-state index < -0.39 is 0 Å². The summed E-state index contributed by atoms with van der Waals surface area (Å²) in [5.74, 6) is -0.198. The van der Waals surface area contributed by atoms with Gasteiger partial charge in [0.15, 0.2) is 0 Å². The summed E-state index contributed by atoms with van der Waals surface area (Å²) >= 11 is 0. The largest absolute Gasteiger partial charge is 0.347 e. The van der Waals surface area contributed by atoms with E-state index in [1.807, 2.05) is 0 Å². The summed E-state index contributed by atoms with van der Waals surface area (Å²) in [6.45, 7) is 5.12. The molecule has 0 saturated carbocycles. The number of hydrogen-bond acceptors (Lipinski definition) is 3. The Hall–Kier alpha value is -1.62. The molecule has 0 aliphatic carbocycles. The topological polar surface area (TPSA) is 65.2 Å². The van der Waals surface area contributed by atoms with Crippen LogP contribution < -0.4 is 10.9 Å². The van der Waals surface area contributed by atoms with Crippen LogP contribution in [0.4, 0.5) is 0 Å². The van der Waals surface area contributed by atoms with Crippen LogP contribution in [0.25, 0.3) is 0 Å². The highest BCUT2D eigenvalue weighted by molar-refractivity contribution is 5.92. The Morgan fingerprint density at radius 2 is 2.39 bits per heavy atom. The summed E-state index contributed by atoms with van der Waals surface area (Å²) in [6, 6.07) is 4.79. The molecule has 18 heavy (non-hydrogen) atoms. The maximum absolute atomic E-state index is 12.0. The van der Waals surface area contributed by atoms with Crippen LogP contribution in [-0.2, 0) is 0 Å². The first-order valence-electron chi connectivity index (χ1n) is 6.41. The van der Waals surface area contributed by atoms with Gasteiger partial charge < -0.3 is 15.2 Å². The molecule has 1 atom stereocenters. The van der Waals surface area contributed by atoms with Gasteiger partial charge in [-0.05, 0) is 32.0 Å². The van der Waals surface area contributed by atoms with Crippen LogP contribution in [0.5, 0.6) is 0 Å². The number of amides is 1. The van der Waals surface area contributed by atoms with Gasteiger partial charge in [0.25, 0.3) is 5.91 Å². The molecule has 1 aromatic heterocycles. The number of hydrogen-bond donors (Lipinski definition) is 2. The molecule has 98 valence electrons. The smallest absolute Gasteiger partial charge is 0.268 e. The lowest BCUT2D eigenvalue weighted by Crippen LogP contribution is -2.47. The number of nitrogens with zero attached hydrogens (tertiary/aromatic N) is 1. The maximum atomic E-state index is 12.0. The number of piperidine rings is 1. The Bertz CT molecular complexity index is 469. The lowest BCUT2D eigenvalue weighted by molar-refractivity contribution is 0.0900. The van der Waals surface area contributed by atoms with Crippen molar-refractivity contribution < 1.29 is 4.79 Å². The lowest BCUT2D eigenvalue weighted by Gasteiger charge is -2.32. The normalized spacial score (nSPS) is 20.6. The number of carbonyl (C=O) groups excluding carboxylic acids is 1. The zero-order valence-corrected chi connectivity index (χ0v) is 10.6. The summed E-state index contributed by atoms with van der Waals surface area (Å²) in [6.07, 6.45) is 2.10. The Balaban J connectivity index is 1.97. The van der Waals surface area contributed by atoms with Crippen molar-refractivity contribution in [1.29, 1.82) is 0 Å². The van der Waals surface area contributed by atoms with Gasteiger partial charge in [-0.1, -0.05) is 13.0 Å². The Morgan fingerprint density at radius 1 is 1.56 bits per heavy atom. The number of aromatic nitrogens is 1. The van der Waals surface area contributed by atoms with Crippen LogP contribution in [0.2, 0.25) is 0 Å². The lowest BCUT2D eigenvalue weighted by atomic mass is 10.1. The highest BCUT2D eigenvalue weighted by atomic mass is 16.2. The van der Waals surface area contributed by atoms with Crippen molar-refractivity contribution in [3.05, 3.63) is 34.2 Å². The van der Waals surface area contributed by atoms with Gasteiger partial charge in [0, 0.05) is 18.7 Å². The van der Waals surface area contributed by atoms with E-state index in [-0.39, 0.29) is 17.5 Å². The number of H-pyrrole nitrogens is 1. The van der Waals surface area contributed by atoms with E-state index in [9.17, 15) is 9.59 Å². The predicted octanol–water partition coefficient (Wildman–Crippen LogP) is 0.589. The van der Waals surface area contributed by atoms with Gasteiger partial charge in [-0.2, -0.15) is 0 Å². The summed E-state index contributed by atoms with van der Waals surface area (Å²) < 4.78 is 0. The van der Waals surface area contributed by atoms with E-state index in [0.717, 1.165) is 32.5 Å². The molecule has 0 bridgehead atoms. The van der Waals surface area contributed by atoms with Gasteiger partial charge in [-0.25, -0.2) is 0 Å². The van der Waals surface area contributed by atoms with Crippen molar-refractivity contribution in [1.82, 2.24) is 15.2 Å². The van der Waals surface area contributed by atoms with Gasteiger partial charge in [0.1, 0.15) is 5.69 Å². The fourth-order valence-corrected chi connectivity index (χ4v) is 2.30. The fraction of sp³-hybridized carbons (Fsp3) is 0.538. The molecule has 5 heteroatoms. The number of aromatic amines is 1.